The van der Waals surface area contributed by atoms with Crippen LogP contribution in [0.25, 0.3) is 0 Å². The smallest absolute Gasteiger partial charge is 0.319 e. The van der Waals surface area contributed by atoms with Crippen molar-refractivity contribution < 1.29 is 9.59 Å². The van der Waals surface area contributed by atoms with Crippen LogP contribution in [0.3, 0.4) is 0 Å². The first kappa shape index (κ1) is 14.3. The average Bonchev–Trinajstić information content (AvgIpc) is 3.14. The molecule has 0 saturated heterocycles. The molecule has 3 amide bonds. The Hall–Kier alpha value is -2.08. The van der Waals surface area contributed by atoms with Crippen LogP contribution in [0.5, 0.6) is 0 Å². The average molecular weight is 276 g/mol. The fraction of sp³-hybridized carbons (Fsp3) is 0.429. The zero-order valence-corrected chi connectivity index (χ0v) is 11.5. The summed E-state index contributed by atoms with van der Waals surface area (Å²) in [5.41, 5.74) is 6.93. The molecule has 20 heavy (non-hydrogen) atoms. The summed E-state index contributed by atoms with van der Waals surface area (Å²) in [6.45, 7) is 1.78. The molecule has 0 radical (unpaired) electrons. The van der Waals surface area contributed by atoms with Crippen molar-refractivity contribution in [3.8, 4) is 0 Å². The van der Waals surface area contributed by atoms with E-state index in [1.165, 1.54) is 0 Å². The summed E-state index contributed by atoms with van der Waals surface area (Å²) in [4.78, 5) is 23.1. The van der Waals surface area contributed by atoms with Crippen molar-refractivity contribution in [2.45, 2.75) is 38.3 Å². The fourth-order valence-corrected chi connectivity index (χ4v) is 1.72. The van der Waals surface area contributed by atoms with Gasteiger partial charge in [-0.05, 0) is 44.0 Å². The molecule has 108 valence electrons. The zero-order valence-electron chi connectivity index (χ0n) is 11.5. The van der Waals surface area contributed by atoms with E-state index in [0.29, 0.717) is 17.4 Å². The lowest BCUT2D eigenvalue weighted by Gasteiger charge is -2.09. The topological polar surface area (TPSA) is 96.2 Å². The molecule has 6 nitrogen and oxygen atoms in total. The maximum Gasteiger partial charge on any atom is 0.319 e. The van der Waals surface area contributed by atoms with Gasteiger partial charge < -0.3 is 21.7 Å². The molecule has 1 aromatic carbocycles. The molecule has 0 spiro atoms. The van der Waals surface area contributed by atoms with Gasteiger partial charge in [-0.1, -0.05) is 0 Å². The predicted molar refractivity (Wildman–Crippen MR) is 78.5 cm³/mol. The van der Waals surface area contributed by atoms with E-state index in [-0.39, 0.29) is 24.4 Å². The van der Waals surface area contributed by atoms with Crippen LogP contribution < -0.4 is 21.7 Å². The van der Waals surface area contributed by atoms with Crippen molar-refractivity contribution in [2.24, 2.45) is 5.73 Å². The first-order valence-corrected chi connectivity index (χ1v) is 6.76. The Bertz CT molecular complexity index is 443. The third-order valence-corrected chi connectivity index (χ3v) is 2.85. The Morgan fingerprint density at radius 1 is 1.20 bits per heavy atom. The number of carbonyl (C=O) groups is 2. The van der Waals surface area contributed by atoms with Gasteiger partial charge in [0.25, 0.3) is 0 Å². The molecule has 2 rings (SSSR count). The summed E-state index contributed by atoms with van der Waals surface area (Å²) < 4.78 is 0. The highest BCUT2D eigenvalue weighted by atomic mass is 16.2. The molecule has 1 fully saturated rings. The third kappa shape index (κ3) is 4.89. The lowest BCUT2D eigenvalue weighted by molar-refractivity contribution is -0.116. The fourth-order valence-electron chi connectivity index (χ4n) is 1.72. The van der Waals surface area contributed by atoms with Gasteiger partial charge in [0.1, 0.15) is 0 Å². The second kappa shape index (κ2) is 6.38. The summed E-state index contributed by atoms with van der Waals surface area (Å²) >= 11 is 0. The van der Waals surface area contributed by atoms with Crippen LogP contribution >= 0.6 is 0 Å². The van der Waals surface area contributed by atoms with Gasteiger partial charge in [0.15, 0.2) is 0 Å². The van der Waals surface area contributed by atoms with Gasteiger partial charge >= 0.3 is 6.03 Å². The minimum atomic E-state index is -0.193. The number of amides is 3. The van der Waals surface area contributed by atoms with Crippen LogP contribution in [-0.2, 0) is 4.79 Å². The van der Waals surface area contributed by atoms with Gasteiger partial charge in [0.2, 0.25) is 5.91 Å². The van der Waals surface area contributed by atoms with Crippen molar-refractivity contribution in [2.75, 3.05) is 10.6 Å². The highest BCUT2D eigenvalue weighted by Crippen LogP contribution is 2.19. The van der Waals surface area contributed by atoms with Gasteiger partial charge in [-0.2, -0.15) is 0 Å². The molecule has 0 aromatic heterocycles. The van der Waals surface area contributed by atoms with E-state index in [9.17, 15) is 9.59 Å². The summed E-state index contributed by atoms with van der Waals surface area (Å²) in [5, 5.41) is 8.33. The van der Waals surface area contributed by atoms with Gasteiger partial charge in [0.05, 0.1) is 0 Å². The molecule has 1 aliphatic rings. The maximum absolute atomic E-state index is 11.5. The summed E-state index contributed by atoms with van der Waals surface area (Å²) in [6, 6.07) is 6.94. The first-order chi connectivity index (χ1) is 9.52. The molecule has 0 heterocycles. The molecule has 1 saturated carbocycles. The van der Waals surface area contributed by atoms with Crippen LogP contribution in [0.2, 0.25) is 0 Å². The minimum absolute atomic E-state index is 0.118. The van der Waals surface area contributed by atoms with Crippen molar-refractivity contribution in [1.29, 1.82) is 0 Å². The number of benzene rings is 1. The molecule has 6 heteroatoms. The number of anilines is 2. The highest BCUT2D eigenvalue weighted by Gasteiger charge is 2.23. The van der Waals surface area contributed by atoms with Gasteiger partial charge in [-0.25, -0.2) is 4.79 Å². The van der Waals surface area contributed by atoms with Crippen LogP contribution in [0.15, 0.2) is 24.3 Å². The van der Waals surface area contributed by atoms with Crippen LogP contribution in [-0.4, -0.2) is 24.0 Å². The van der Waals surface area contributed by atoms with E-state index in [2.05, 4.69) is 16.0 Å². The van der Waals surface area contributed by atoms with Crippen LogP contribution in [0.1, 0.15) is 26.2 Å². The SMILES string of the molecule is CC(N)CC(=O)Nc1ccc(NC(=O)NC2CC2)cc1. The standard InChI is InChI=1S/C14H20N4O2/c1-9(15)8-13(19)16-10-2-4-11(5-3-10)17-14(20)18-12-6-7-12/h2-5,9,12H,6-8,15H2,1H3,(H,16,19)(H2,17,18,20). The third-order valence-electron chi connectivity index (χ3n) is 2.85. The second-order valence-corrected chi connectivity index (χ2v) is 5.18. The molecule has 1 atom stereocenters. The number of nitrogens with one attached hydrogen (secondary N) is 3. The summed E-state index contributed by atoms with van der Waals surface area (Å²) in [7, 11) is 0. The van der Waals surface area contributed by atoms with Crippen molar-refractivity contribution in [3.05, 3.63) is 24.3 Å². The van der Waals surface area contributed by atoms with E-state index in [0.717, 1.165) is 12.8 Å². The number of carbonyl (C=O) groups excluding carboxylic acids is 2. The van der Waals surface area contributed by atoms with Gasteiger partial charge in [-0.15, -0.1) is 0 Å². The number of hydrogen-bond donors (Lipinski definition) is 4. The lowest BCUT2D eigenvalue weighted by Crippen LogP contribution is -2.30. The molecular weight excluding hydrogens is 256 g/mol. The Morgan fingerprint density at radius 2 is 1.75 bits per heavy atom. The largest absolute Gasteiger partial charge is 0.335 e. The minimum Gasteiger partial charge on any atom is -0.335 e. The predicted octanol–water partition coefficient (Wildman–Crippen LogP) is 1.65. The molecule has 1 aliphatic carbocycles. The Kier molecular flexibility index (Phi) is 4.57. The van der Waals surface area contributed by atoms with Crippen LogP contribution in [0.4, 0.5) is 16.2 Å². The molecule has 5 N–H and O–H groups in total. The van der Waals surface area contributed by atoms with E-state index in [1.54, 1.807) is 31.2 Å². The number of rotatable bonds is 5. The zero-order chi connectivity index (χ0) is 14.5. The van der Waals surface area contributed by atoms with Gasteiger partial charge in [0, 0.05) is 29.9 Å². The first-order valence-electron chi connectivity index (χ1n) is 6.76. The Labute approximate surface area is 118 Å². The normalized spacial score (nSPS) is 15.3. The lowest BCUT2D eigenvalue weighted by atomic mass is 10.2. The molecule has 0 aliphatic heterocycles. The molecule has 0 bridgehead atoms. The monoisotopic (exact) mass is 276 g/mol. The quantitative estimate of drug-likeness (QED) is 0.658. The van der Waals surface area contributed by atoms with Crippen molar-refractivity contribution in [3.63, 3.8) is 0 Å². The van der Waals surface area contributed by atoms with Gasteiger partial charge in [-0.3, -0.25) is 4.79 Å². The van der Waals surface area contributed by atoms with E-state index < -0.39 is 0 Å². The van der Waals surface area contributed by atoms with E-state index >= 15 is 0 Å². The Balaban J connectivity index is 1.82. The van der Waals surface area contributed by atoms with Crippen molar-refractivity contribution in [1.82, 2.24) is 5.32 Å². The maximum atomic E-state index is 11.5. The summed E-state index contributed by atoms with van der Waals surface area (Å²) in [6.07, 6.45) is 2.39. The van der Waals surface area contributed by atoms with Crippen molar-refractivity contribution >= 4 is 23.3 Å². The van der Waals surface area contributed by atoms with E-state index in [4.69, 9.17) is 5.73 Å². The summed E-state index contributed by atoms with van der Waals surface area (Å²) in [5.74, 6) is -0.118. The molecule has 1 unspecified atom stereocenters. The number of nitrogens with two attached hydrogens (primary N) is 1. The van der Waals surface area contributed by atoms with Crippen LogP contribution in [0, 0.1) is 0 Å². The molecular formula is C14H20N4O2. The number of hydrogen-bond acceptors (Lipinski definition) is 3. The Morgan fingerprint density at radius 3 is 2.25 bits per heavy atom. The van der Waals surface area contributed by atoms with E-state index in [1.807, 2.05) is 0 Å². The second-order valence-electron chi connectivity index (χ2n) is 5.18. The highest BCUT2D eigenvalue weighted by molar-refractivity contribution is 5.92. The number of urea groups is 1. The molecule has 1 aromatic rings.